The van der Waals surface area contributed by atoms with Crippen molar-refractivity contribution in [3.63, 3.8) is 0 Å². The van der Waals surface area contributed by atoms with Gasteiger partial charge in [0.05, 0.1) is 18.2 Å². The molecule has 0 bridgehead atoms. The third-order valence-electron chi connectivity index (χ3n) is 3.90. The van der Waals surface area contributed by atoms with Crippen molar-refractivity contribution in [2.45, 2.75) is 19.9 Å². The molecule has 25 heavy (non-hydrogen) atoms. The number of esters is 1. The largest absolute Gasteiger partial charge is 0.460 e. The van der Waals surface area contributed by atoms with E-state index in [1.807, 2.05) is 50.2 Å². The predicted octanol–water partition coefficient (Wildman–Crippen LogP) is 1.96. The average Bonchev–Trinajstić information content (AvgIpc) is 2.58. The van der Waals surface area contributed by atoms with Crippen LogP contribution >= 0.6 is 0 Å². The molecule has 1 aliphatic heterocycles. The van der Waals surface area contributed by atoms with E-state index in [1.54, 1.807) is 6.92 Å². The maximum absolute atomic E-state index is 12.5. The summed E-state index contributed by atoms with van der Waals surface area (Å²) in [6, 6.07) is 6.78. The first-order chi connectivity index (χ1) is 11.9. The summed E-state index contributed by atoms with van der Waals surface area (Å²) in [4.78, 5) is 26.3. The maximum atomic E-state index is 12.5. The molecule has 0 aromatic heterocycles. The van der Waals surface area contributed by atoms with E-state index in [9.17, 15) is 9.59 Å². The minimum atomic E-state index is -0.551. The standard InChI is InChI=1S/C18H25N3O4/c1-5-24-10-11-25-17(22)15-12(2)19-18(23)20-16(15)13-6-8-14(9-7-13)21(3)4/h6-9,16H,5,10-11H2,1-4H3,(H2,19,20,23)/t16-/m0/s1. The second-order valence-electron chi connectivity index (χ2n) is 5.89. The molecule has 1 heterocycles. The highest BCUT2D eigenvalue weighted by Gasteiger charge is 2.32. The van der Waals surface area contributed by atoms with Gasteiger partial charge in [-0.2, -0.15) is 0 Å². The van der Waals surface area contributed by atoms with Crippen molar-refractivity contribution in [1.82, 2.24) is 10.6 Å². The second kappa shape index (κ2) is 8.53. The molecule has 0 unspecified atom stereocenters. The number of nitrogens with zero attached hydrogens (tertiary/aromatic N) is 1. The number of carbonyl (C=O) groups is 2. The number of ether oxygens (including phenoxy) is 2. The molecule has 0 radical (unpaired) electrons. The van der Waals surface area contributed by atoms with Gasteiger partial charge in [0.15, 0.2) is 0 Å². The summed E-state index contributed by atoms with van der Waals surface area (Å²) in [5.41, 5.74) is 2.74. The van der Waals surface area contributed by atoms with Gasteiger partial charge >= 0.3 is 12.0 Å². The van der Waals surface area contributed by atoms with Crippen molar-refractivity contribution in [3.8, 4) is 0 Å². The lowest BCUT2D eigenvalue weighted by Crippen LogP contribution is -2.45. The number of allylic oxidation sites excluding steroid dienone is 1. The summed E-state index contributed by atoms with van der Waals surface area (Å²) in [5, 5.41) is 5.42. The number of hydrogen-bond acceptors (Lipinski definition) is 5. The summed E-state index contributed by atoms with van der Waals surface area (Å²) in [6.07, 6.45) is 0. The van der Waals surface area contributed by atoms with Crippen LogP contribution in [0.25, 0.3) is 0 Å². The van der Waals surface area contributed by atoms with Gasteiger partial charge in [-0.15, -0.1) is 0 Å². The minimum Gasteiger partial charge on any atom is -0.460 e. The van der Waals surface area contributed by atoms with Crippen LogP contribution in [0.4, 0.5) is 10.5 Å². The Labute approximate surface area is 148 Å². The van der Waals surface area contributed by atoms with E-state index in [4.69, 9.17) is 9.47 Å². The highest BCUT2D eigenvalue weighted by Crippen LogP contribution is 2.28. The van der Waals surface area contributed by atoms with Crippen LogP contribution in [0.2, 0.25) is 0 Å². The number of urea groups is 1. The molecule has 1 aliphatic rings. The summed E-state index contributed by atoms with van der Waals surface area (Å²) >= 11 is 0. The maximum Gasteiger partial charge on any atom is 0.338 e. The molecule has 1 atom stereocenters. The molecular weight excluding hydrogens is 322 g/mol. The van der Waals surface area contributed by atoms with Crippen molar-refractivity contribution < 1.29 is 19.1 Å². The van der Waals surface area contributed by atoms with Crippen LogP contribution in [0.3, 0.4) is 0 Å². The van der Waals surface area contributed by atoms with Gasteiger partial charge in [0.1, 0.15) is 6.61 Å². The Hall–Kier alpha value is -2.54. The molecule has 136 valence electrons. The summed E-state index contributed by atoms with van der Waals surface area (Å²) in [5.74, 6) is -0.466. The third-order valence-corrected chi connectivity index (χ3v) is 3.90. The van der Waals surface area contributed by atoms with Gasteiger partial charge < -0.3 is 25.0 Å². The molecule has 0 saturated heterocycles. The zero-order valence-corrected chi connectivity index (χ0v) is 15.1. The van der Waals surface area contributed by atoms with E-state index in [0.717, 1.165) is 11.3 Å². The number of anilines is 1. The van der Waals surface area contributed by atoms with Gasteiger partial charge in [-0.3, -0.25) is 0 Å². The highest BCUT2D eigenvalue weighted by molar-refractivity contribution is 5.95. The topological polar surface area (TPSA) is 79.9 Å². The molecule has 0 saturated carbocycles. The van der Waals surface area contributed by atoms with Crippen molar-refractivity contribution in [2.75, 3.05) is 38.8 Å². The SMILES string of the molecule is CCOCCOC(=O)C1=C(C)NC(=O)N[C@H]1c1ccc(N(C)C)cc1. The Balaban J connectivity index is 2.22. The molecule has 0 aliphatic carbocycles. The number of nitrogens with one attached hydrogen (secondary N) is 2. The van der Waals surface area contributed by atoms with E-state index < -0.39 is 12.0 Å². The van der Waals surface area contributed by atoms with E-state index in [-0.39, 0.29) is 12.6 Å². The van der Waals surface area contributed by atoms with Crippen molar-refractivity contribution in [1.29, 1.82) is 0 Å². The highest BCUT2D eigenvalue weighted by atomic mass is 16.6. The van der Waals surface area contributed by atoms with E-state index in [0.29, 0.717) is 24.5 Å². The number of benzene rings is 1. The molecule has 1 aromatic rings. The lowest BCUT2D eigenvalue weighted by molar-refractivity contribution is -0.141. The van der Waals surface area contributed by atoms with Gasteiger partial charge in [0.25, 0.3) is 0 Å². The van der Waals surface area contributed by atoms with Crippen LogP contribution in [-0.2, 0) is 14.3 Å². The van der Waals surface area contributed by atoms with Crippen LogP contribution in [0.1, 0.15) is 25.5 Å². The molecule has 7 nitrogen and oxygen atoms in total. The number of amides is 2. The van der Waals surface area contributed by atoms with Crippen LogP contribution in [0.5, 0.6) is 0 Å². The fraction of sp³-hybridized carbons (Fsp3) is 0.444. The first kappa shape index (κ1) is 18.8. The van der Waals surface area contributed by atoms with Crippen molar-refractivity contribution in [3.05, 3.63) is 41.1 Å². The minimum absolute atomic E-state index is 0.170. The van der Waals surface area contributed by atoms with Gasteiger partial charge in [0, 0.05) is 32.1 Å². The number of rotatable bonds is 7. The van der Waals surface area contributed by atoms with E-state index in [2.05, 4.69) is 10.6 Å². The van der Waals surface area contributed by atoms with E-state index >= 15 is 0 Å². The Kier molecular flexibility index (Phi) is 6.41. The third kappa shape index (κ3) is 4.73. The van der Waals surface area contributed by atoms with Crippen LogP contribution < -0.4 is 15.5 Å². The quantitative estimate of drug-likeness (QED) is 0.582. The Morgan fingerprint density at radius 2 is 1.88 bits per heavy atom. The van der Waals surface area contributed by atoms with Gasteiger partial charge in [-0.1, -0.05) is 12.1 Å². The predicted molar refractivity (Wildman–Crippen MR) is 95.3 cm³/mol. The van der Waals surface area contributed by atoms with Gasteiger partial charge in [0.2, 0.25) is 0 Å². The second-order valence-corrected chi connectivity index (χ2v) is 5.89. The smallest absolute Gasteiger partial charge is 0.338 e. The fourth-order valence-electron chi connectivity index (χ4n) is 2.59. The molecule has 2 rings (SSSR count). The monoisotopic (exact) mass is 347 g/mol. The lowest BCUT2D eigenvalue weighted by atomic mass is 9.95. The van der Waals surface area contributed by atoms with Crippen molar-refractivity contribution >= 4 is 17.7 Å². The van der Waals surface area contributed by atoms with E-state index in [1.165, 1.54) is 0 Å². The van der Waals surface area contributed by atoms with Crippen LogP contribution in [0.15, 0.2) is 35.5 Å². The molecule has 0 fully saturated rings. The molecule has 2 N–H and O–H groups in total. The van der Waals surface area contributed by atoms with Crippen molar-refractivity contribution in [2.24, 2.45) is 0 Å². The first-order valence-corrected chi connectivity index (χ1v) is 8.24. The number of hydrogen-bond donors (Lipinski definition) is 2. The molecule has 0 spiro atoms. The Morgan fingerprint density at radius 3 is 2.48 bits per heavy atom. The normalized spacial score (nSPS) is 17.0. The molecule has 1 aromatic carbocycles. The molecule has 7 heteroatoms. The van der Waals surface area contributed by atoms with Gasteiger partial charge in [-0.05, 0) is 31.5 Å². The first-order valence-electron chi connectivity index (χ1n) is 8.24. The Bertz CT molecular complexity index is 653. The zero-order chi connectivity index (χ0) is 18.4. The summed E-state index contributed by atoms with van der Waals surface area (Å²) in [6.45, 7) is 4.65. The Morgan fingerprint density at radius 1 is 1.20 bits per heavy atom. The van der Waals surface area contributed by atoms with Crippen LogP contribution in [0, 0.1) is 0 Å². The molecule has 2 amide bonds. The fourth-order valence-corrected chi connectivity index (χ4v) is 2.59. The summed E-state index contributed by atoms with van der Waals surface area (Å²) in [7, 11) is 3.90. The number of carbonyl (C=O) groups excluding carboxylic acids is 2. The van der Waals surface area contributed by atoms with Crippen LogP contribution in [-0.4, -0.2) is 45.9 Å². The lowest BCUT2D eigenvalue weighted by Gasteiger charge is -2.28. The summed E-state index contributed by atoms with van der Waals surface area (Å²) < 4.78 is 10.5. The molecular formula is C18H25N3O4. The zero-order valence-electron chi connectivity index (χ0n) is 15.1. The average molecular weight is 347 g/mol. The van der Waals surface area contributed by atoms with Gasteiger partial charge in [-0.25, -0.2) is 9.59 Å².